The van der Waals surface area contributed by atoms with Crippen molar-refractivity contribution in [3.8, 4) is 11.5 Å². The van der Waals surface area contributed by atoms with Crippen LogP contribution in [0.2, 0.25) is 0 Å². The minimum Gasteiger partial charge on any atom is -0.497 e. The van der Waals surface area contributed by atoms with E-state index in [1.54, 1.807) is 14.2 Å². The van der Waals surface area contributed by atoms with E-state index in [1.165, 1.54) is 5.69 Å². The van der Waals surface area contributed by atoms with Crippen molar-refractivity contribution in [1.29, 1.82) is 0 Å². The van der Waals surface area contributed by atoms with Gasteiger partial charge in [-0.2, -0.15) is 0 Å². The van der Waals surface area contributed by atoms with Crippen LogP contribution in [-0.4, -0.2) is 57.8 Å². The molecule has 0 spiro atoms. The minimum atomic E-state index is 0.151. The number of carbonyl (C=O) groups excluding carboxylic acids is 1. The van der Waals surface area contributed by atoms with Crippen LogP contribution in [0.4, 0.5) is 5.69 Å². The first-order valence-corrected chi connectivity index (χ1v) is 9.20. The number of nitrogens with zero attached hydrogens (tertiary/aromatic N) is 2. The van der Waals surface area contributed by atoms with Gasteiger partial charge in [0.25, 0.3) is 0 Å². The average molecular weight is 369 g/mol. The molecular formula is C21H27N3O3. The smallest absolute Gasteiger partial charge is 0.236 e. The number of methoxy groups -OCH3 is 2. The Balaban J connectivity index is 1.41. The summed E-state index contributed by atoms with van der Waals surface area (Å²) in [5, 5.41) is 3.23. The number of hydrogen-bond acceptors (Lipinski definition) is 5. The van der Waals surface area contributed by atoms with Crippen molar-refractivity contribution in [2.45, 2.75) is 6.54 Å². The van der Waals surface area contributed by atoms with Crippen LogP contribution in [0.25, 0.3) is 0 Å². The number of hydrogen-bond donors (Lipinski definition) is 1. The van der Waals surface area contributed by atoms with Crippen molar-refractivity contribution in [3.63, 3.8) is 0 Å². The number of rotatable bonds is 7. The molecular weight excluding hydrogens is 342 g/mol. The Bertz CT molecular complexity index is 723. The van der Waals surface area contributed by atoms with Crippen LogP contribution in [0, 0.1) is 0 Å². The summed E-state index contributed by atoms with van der Waals surface area (Å²) < 4.78 is 10.4. The van der Waals surface area contributed by atoms with Gasteiger partial charge in [-0.3, -0.25) is 4.79 Å². The molecule has 1 aliphatic rings. The van der Waals surface area contributed by atoms with E-state index < -0.39 is 0 Å². The molecule has 144 valence electrons. The van der Waals surface area contributed by atoms with Crippen LogP contribution in [-0.2, 0) is 11.3 Å². The fourth-order valence-electron chi connectivity index (χ4n) is 3.18. The van der Waals surface area contributed by atoms with Crippen LogP contribution in [0.3, 0.4) is 0 Å². The number of piperazine rings is 1. The van der Waals surface area contributed by atoms with Gasteiger partial charge in [-0.1, -0.05) is 12.1 Å². The first-order chi connectivity index (χ1) is 13.2. The maximum absolute atomic E-state index is 12.4. The second kappa shape index (κ2) is 9.28. The molecule has 0 radical (unpaired) electrons. The molecule has 2 aromatic carbocycles. The second-order valence-corrected chi connectivity index (χ2v) is 6.52. The number of anilines is 1. The second-order valence-electron chi connectivity index (χ2n) is 6.52. The largest absolute Gasteiger partial charge is 0.497 e. The van der Waals surface area contributed by atoms with Crippen molar-refractivity contribution in [3.05, 3.63) is 54.1 Å². The predicted octanol–water partition coefficient (Wildman–Crippen LogP) is 2.14. The highest BCUT2D eigenvalue weighted by Crippen LogP contribution is 2.20. The van der Waals surface area contributed by atoms with Gasteiger partial charge in [0.1, 0.15) is 11.5 Å². The third-order valence-corrected chi connectivity index (χ3v) is 4.83. The lowest BCUT2D eigenvalue weighted by molar-refractivity contribution is -0.130. The van der Waals surface area contributed by atoms with Crippen molar-refractivity contribution >= 4 is 11.6 Å². The molecule has 27 heavy (non-hydrogen) atoms. The summed E-state index contributed by atoms with van der Waals surface area (Å²) in [7, 11) is 3.32. The van der Waals surface area contributed by atoms with Crippen LogP contribution in [0.1, 0.15) is 5.56 Å². The first-order valence-electron chi connectivity index (χ1n) is 9.20. The summed E-state index contributed by atoms with van der Waals surface area (Å²) in [6, 6.07) is 15.9. The van der Waals surface area contributed by atoms with Crippen molar-refractivity contribution in [2.75, 3.05) is 51.8 Å². The standard InChI is InChI=1S/C21H27N3O3/c1-26-19-7-3-17(4-8-19)15-22-16-21(25)24-13-11-23(12-14-24)18-5-9-20(27-2)10-6-18/h3-10,22H,11-16H2,1-2H3. The summed E-state index contributed by atoms with van der Waals surface area (Å²) in [6.45, 7) is 4.20. The molecule has 2 aromatic rings. The molecule has 1 N–H and O–H groups in total. The molecule has 1 fully saturated rings. The molecule has 0 aliphatic carbocycles. The maximum Gasteiger partial charge on any atom is 0.236 e. The lowest BCUT2D eigenvalue weighted by Gasteiger charge is -2.36. The molecule has 0 saturated carbocycles. The lowest BCUT2D eigenvalue weighted by atomic mass is 10.2. The Morgan fingerprint density at radius 1 is 0.889 bits per heavy atom. The van der Waals surface area contributed by atoms with E-state index in [2.05, 4.69) is 22.3 Å². The Morgan fingerprint density at radius 3 is 2.00 bits per heavy atom. The molecule has 1 saturated heterocycles. The van der Waals surface area contributed by atoms with Crippen LogP contribution in [0.5, 0.6) is 11.5 Å². The molecule has 3 rings (SSSR count). The summed E-state index contributed by atoms with van der Waals surface area (Å²) in [5.74, 6) is 1.85. The molecule has 0 unspecified atom stereocenters. The molecule has 1 heterocycles. The van der Waals surface area contributed by atoms with E-state index in [0.29, 0.717) is 13.1 Å². The van der Waals surface area contributed by atoms with Gasteiger partial charge in [0, 0.05) is 38.4 Å². The molecule has 1 aliphatic heterocycles. The topological polar surface area (TPSA) is 54.0 Å². The van der Waals surface area contributed by atoms with E-state index >= 15 is 0 Å². The molecule has 1 amide bonds. The van der Waals surface area contributed by atoms with Crippen molar-refractivity contribution in [2.24, 2.45) is 0 Å². The number of carbonyl (C=O) groups is 1. The molecule has 0 aromatic heterocycles. The fourth-order valence-corrected chi connectivity index (χ4v) is 3.18. The van der Waals surface area contributed by atoms with Crippen molar-refractivity contribution in [1.82, 2.24) is 10.2 Å². The molecule has 6 heteroatoms. The van der Waals surface area contributed by atoms with Gasteiger partial charge >= 0.3 is 0 Å². The van der Waals surface area contributed by atoms with Gasteiger partial charge in [-0.05, 0) is 42.0 Å². The SMILES string of the molecule is COc1ccc(CNCC(=O)N2CCN(c3ccc(OC)cc3)CC2)cc1. The van der Waals surface area contributed by atoms with E-state index in [9.17, 15) is 4.79 Å². The van der Waals surface area contributed by atoms with Gasteiger partial charge in [0.15, 0.2) is 0 Å². The predicted molar refractivity (Wildman–Crippen MR) is 106 cm³/mol. The summed E-state index contributed by atoms with van der Waals surface area (Å²) in [6.07, 6.45) is 0. The Labute approximate surface area is 160 Å². The van der Waals surface area contributed by atoms with E-state index in [1.807, 2.05) is 41.3 Å². The third kappa shape index (κ3) is 5.14. The molecule has 6 nitrogen and oxygen atoms in total. The minimum absolute atomic E-state index is 0.151. The summed E-state index contributed by atoms with van der Waals surface area (Å²) in [5.41, 5.74) is 2.30. The average Bonchev–Trinajstić information content (AvgIpc) is 2.74. The van der Waals surface area contributed by atoms with Gasteiger partial charge in [-0.15, -0.1) is 0 Å². The summed E-state index contributed by atoms with van der Waals surface area (Å²) >= 11 is 0. The number of ether oxygens (including phenoxy) is 2. The van der Waals surface area contributed by atoms with Crippen LogP contribution >= 0.6 is 0 Å². The molecule has 0 bridgehead atoms. The number of amides is 1. The zero-order valence-electron chi connectivity index (χ0n) is 16.0. The summed E-state index contributed by atoms with van der Waals surface area (Å²) in [4.78, 5) is 16.7. The monoisotopic (exact) mass is 369 g/mol. The normalized spacial score (nSPS) is 14.1. The number of benzene rings is 2. The van der Waals surface area contributed by atoms with Gasteiger partial charge in [0.2, 0.25) is 5.91 Å². The van der Waals surface area contributed by atoms with E-state index in [4.69, 9.17) is 9.47 Å². The Morgan fingerprint density at radius 2 is 1.44 bits per heavy atom. The highest BCUT2D eigenvalue weighted by Gasteiger charge is 2.20. The van der Waals surface area contributed by atoms with Gasteiger partial charge in [-0.25, -0.2) is 0 Å². The Kier molecular flexibility index (Phi) is 6.54. The fraction of sp³-hybridized carbons (Fsp3) is 0.381. The van der Waals surface area contributed by atoms with Gasteiger partial charge < -0.3 is 24.6 Å². The first kappa shape index (κ1) is 19.0. The van der Waals surface area contributed by atoms with Crippen LogP contribution < -0.4 is 19.7 Å². The lowest BCUT2D eigenvalue weighted by Crippen LogP contribution is -2.50. The third-order valence-electron chi connectivity index (χ3n) is 4.83. The van der Waals surface area contributed by atoms with Crippen molar-refractivity contribution < 1.29 is 14.3 Å². The van der Waals surface area contributed by atoms with E-state index in [-0.39, 0.29) is 5.91 Å². The highest BCUT2D eigenvalue weighted by molar-refractivity contribution is 5.78. The molecule has 0 atom stereocenters. The zero-order valence-corrected chi connectivity index (χ0v) is 16.0. The Hall–Kier alpha value is -2.73. The highest BCUT2D eigenvalue weighted by atomic mass is 16.5. The van der Waals surface area contributed by atoms with E-state index in [0.717, 1.165) is 43.2 Å². The number of nitrogens with one attached hydrogen (secondary N) is 1. The quantitative estimate of drug-likeness (QED) is 0.810. The maximum atomic E-state index is 12.4. The zero-order chi connectivity index (χ0) is 19.1. The van der Waals surface area contributed by atoms with Gasteiger partial charge in [0.05, 0.1) is 20.8 Å². The van der Waals surface area contributed by atoms with Crippen LogP contribution in [0.15, 0.2) is 48.5 Å².